The summed E-state index contributed by atoms with van der Waals surface area (Å²) in [4.78, 5) is 0. The Hall–Kier alpha value is -0.930. The van der Waals surface area contributed by atoms with Gasteiger partial charge in [-0.05, 0) is 50.9 Å². The number of nitrogens with one attached hydrogen (secondary N) is 2. The van der Waals surface area contributed by atoms with Crippen LogP contribution in [0, 0.1) is 11.7 Å². The van der Waals surface area contributed by atoms with Gasteiger partial charge >= 0.3 is 0 Å². The van der Waals surface area contributed by atoms with Crippen molar-refractivity contribution in [3.63, 3.8) is 0 Å². The molecule has 94 valence electrons. The molecule has 1 aromatic rings. The lowest BCUT2D eigenvalue weighted by molar-refractivity contribution is 0.348. The molecule has 1 fully saturated rings. The van der Waals surface area contributed by atoms with Crippen molar-refractivity contribution < 1.29 is 4.39 Å². The highest BCUT2D eigenvalue weighted by Crippen LogP contribution is 2.15. The van der Waals surface area contributed by atoms with Crippen LogP contribution in [0.5, 0.6) is 0 Å². The van der Waals surface area contributed by atoms with E-state index in [2.05, 4.69) is 10.6 Å². The van der Waals surface area contributed by atoms with Crippen LogP contribution in [0.3, 0.4) is 0 Å². The largest absolute Gasteiger partial charge is 0.317 e. The third-order valence-electron chi connectivity index (χ3n) is 3.46. The Morgan fingerprint density at radius 1 is 1.24 bits per heavy atom. The van der Waals surface area contributed by atoms with Crippen LogP contribution in [0.15, 0.2) is 24.3 Å². The van der Waals surface area contributed by atoms with Crippen LogP contribution in [0.4, 0.5) is 4.39 Å². The van der Waals surface area contributed by atoms with Crippen LogP contribution in [0.25, 0.3) is 0 Å². The van der Waals surface area contributed by atoms with Crippen LogP contribution >= 0.6 is 0 Å². The first-order chi connectivity index (χ1) is 8.36. The van der Waals surface area contributed by atoms with Gasteiger partial charge in [-0.3, -0.25) is 0 Å². The fourth-order valence-electron chi connectivity index (χ4n) is 2.34. The first-order valence-corrected chi connectivity index (χ1v) is 6.51. The molecule has 0 spiro atoms. The van der Waals surface area contributed by atoms with Gasteiger partial charge in [-0.25, -0.2) is 4.39 Å². The Balaban J connectivity index is 1.64. The Bertz CT molecular complexity index is 335. The van der Waals surface area contributed by atoms with Crippen molar-refractivity contribution in [2.75, 3.05) is 19.6 Å². The molecule has 1 aliphatic heterocycles. The molecular formula is C14H21FN2. The summed E-state index contributed by atoms with van der Waals surface area (Å²) in [6, 6.07) is 6.97. The van der Waals surface area contributed by atoms with Crippen LogP contribution in [-0.2, 0) is 6.54 Å². The summed E-state index contributed by atoms with van der Waals surface area (Å²) in [6.45, 7) is 3.92. The number of hydrogen-bond acceptors (Lipinski definition) is 2. The quantitative estimate of drug-likeness (QED) is 0.767. The van der Waals surface area contributed by atoms with Crippen molar-refractivity contribution in [2.24, 2.45) is 5.92 Å². The summed E-state index contributed by atoms with van der Waals surface area (Å²) in [7, 11) is 0. The Morgan fingerprint density at radius 3 is 2.76 bits per heavy atom. The second-order valence-electron chi connectivity index (χ2n) is 4.75. The van der Waals surface area contributed by atoms with E-state index in [1.807, 2.05) is 12.1 Å². The molecule has 1 aliphatic rings. The van der Waals surface area contributed by atoms with Gasteiger partial charge in [0.25, 0.3) is 0 Å². The summed E-state index contributed by atoms with van der Waals surface area (Å²) in [5, 5.41) is 6.70. The minimum absolute atomic E-state index is 0.109. The van der Waals surface area contributed by atoms with Crippen molar-refractivity contribution in [1.29, 1.82) is 0 Å². The molecule has 2 rings (SSSR count). The molecule has 0 saturated carbocycles. The van der Waals surface area contributed by atoms with Crippen LogP contribution in [0.2, 0.25) is 0 Å². The summed E-state index contributed by atoms with van der Waals surface area (Å²) >= 11 is 0. The summed E-state index contributed by atoms with van der Waals surface area (Å²) in [6.07, 6.45) is 3.76. The molecule has 0 radical (unpaired) electrons. The molecule has 0 aliphatic carbocycles. The van der Waals surface area contributed by atoms with Crippen molar-refractivity contribution in [3.8, 4) is 0 Å². The second kappa shape index (κ2) is 6.72. The number of rotatable bonds is 5. The average Bonchev–Trinajstić information content (AvgIpc) is 2.38. The smallest absolute Gasteiger partial charge is 0.127 e. The molecule has 1 heterocycles. The lowest BCUT2D eigenvalue weighted by Gasteiger charge is -2.22. The number of piperidine rings is 1. The maximum atomic E-state index is 13.3. The predicted octanol–water partition coefficient (Wildman–Crippen LogP) is 2.31. The van der Waals surface area contributed by atoms with E-state index < -0.39 is 0 Å². The molecule has 1 aromatic carbocycles. The van der Waals surface area contributed by atoms with E-state index in [-0.39, 0.29) is 5.82 Å². The molecule has 0 atom stereocenters. The lowest BCUT2D eigenvalue weighted by Crippen LogP contribution is -2.29. The topological polar surface area (TPSA) is 24.1 Å². The van der Waals surface area contributed by atoms with Gasteiger partial charge in [0.2, 0.25) is 0 Å². The SMILES string of the molecule is Fc1ccccc1CNCCC1CCNCC1. The monoisotopic (exact) mass is 236 g/mol. The second-order valence-corrected chi connectivity index (χ2v) is 4.75. The zero-order valence-corrected chi connectivity index (χ0v) is 10.2. The van der Waals surface area contributed by atoms with E-state index in [4.69, 9.17) is 0 Å². The zero-order chi connectivity index (χ0) is 11.9. The molecule has 0 aromatic heterocycles. The Morgan fingerprint density at radius 2 is 2.00 bits per heavy atom. The molecule has 0 amide bonds. The molecule has 1 saturated heterocycles. The van der Waals surface area contributed by atoms with Gasteiger partial charge in [-0.15, -0.1) is 0 Å². The number of hydrogen-bond donors (Lipinski definition) is 2. The number of benzene rings is 1. The highest BCUT2D eigenvalue weighted by molar-refractivity contribution is 5.16. The highest BCUT2D eigenvalue weighted by atomic mass is 19.1. The molecule has 17 heavy (non-hydrogen) atoms. The van der Waals surface area contributed by atoms with Crippen molar-refractivity contribution in [1.82, 2.24) is 10.6 Å². The van der Waals surface area contributed by atoms with Gasteiger partial charge in [0, 0.05) is 12.1 Å². The van der Waals surface area contributed by atoms with Gasteiger partial charge in [0.15, 0.2) is 0 Å². The van der Waals surface area contributed by atoms with Gasteiger partial charge in [0.05, 0.1) is 0 Å². The molecule has 0 unspecified atom stereocenters. The summed E-state index contributed by atoms with van der Waals surface area (Å²) in [5.74, 6) is 0.728. The van der Waals surface area contributed by atoms with Gasteiger partial charge in [0.1, 0.15) is 5.82 Å². The van der Waals surface area contributed by atoms with E-state index in [1.165, 1.54) is 25.3 Å². The third kappa shape index (κ3) is 4.10. The van der Waals surface area contributed by atoms with E-state index in [0.717, 1.165) is 31.1 Å². The lowest BCUT2D eigenvalue weighted by atomic mass is 9.95. The maximum absolute atomic E-state index is 13.3. The van der Waals surface area contributed by atoms with Gasteiger partial charge < -0.3 is 10.6 Å². The van der Waals surface area contributed by atoms with Crippen molar-refractivity contribution in [2.45, 2.75) is 25.8 Å². The standard InChI is InChI=1S/C14H21FN2/c15-14-4-2-1-3-13(14)11-17-10-7-12-5-8-16-9-6-12/h1-4,12,16-17H,5-11H2. The Kier molecular flexibility index (Phi) is 4.95. The maximum Gasteiger partial charge on any atom is 0.127 e. The predicted molar refractivity (Wildman–Crippen MR) is 68.3 cm³/mol. The van der Waals surface area contributed by atoms with E-state index in [1.54, 1.807) is 6.07 Å². The van der Waals surface area contributed by atoms with E-state index in [0.29, 0.717) is 6.54 Å². The Labute approximate surface area is 103 Å². The molecule has 2 N–H and O–H groups in total. The first-order valence-electron chi connectivity index (χ1n) is 6.51. The molecular weight excluding hydrogens is 215 g/mol. The minimum Gasteiger partial charge on any atom is -0.317 e. The first kappa shape index (κ1) is 12.5. The fourth-order valence-corrected chi connectivity index (χ4v) is 2.34. The third-order valence-corrected chi connectivity index (χ3v) is 3.46. The minimum atomic E-state index is -0.109. The summed E-state index contributed by atoms with van der Waals surface area (Å²) in [5.41, 5.74) is 0.762. The zero-order valence-electron chi connectivity index (χ0n) is 10.2. The highest BCUT2D eigenvalue weighted by Gasteiger charge is 2.11. The van der Waals surface area contributed by atoms with Crippen LogP contribution < -0.4 is 10.6 Å². The normalized spacial score (nSPS) is 17.2. The van der Waals surface area contributed by atoms with Gasteiger partial charge in [-0.1, -0.05) is 18.2 Å². The van der Waals surface area contributed by atoms with Crippen LogP contribution in [-0.4, -0.2) is 19.6 Å². The average molecular weight is 236 g/mol. The van der Waals surface area contributed by atoms with E-state index in [9.17, 15) is 4.39 Å². The fraction of sp³-hybridized carbons (Fsp3) is 0.571. The molecule has 0 bridgehead atoms. The van der Waals surface area contributed by atoms with Crippen LogP contribution in [0.1, 0.15) is 24.8 Å². The summed E-state index contributed by atoms with van der Waals surface area (Å²) < 4.78 is 13.3. The van der Waals surface area contributed by atoms with Gasteiger partial charge in [-0.2, -0.15) is 0 Å². The van der Waals surface area contributed by atoms with Crippen molar-refractivity contribution in [3.05, 3.63) is 35.6 Å². The van der Waals surface area contributed by atoms with E-state index >= 15 is 0 Å². The van der Waals surface area contributed by atoms with Crippen molar-refractivity contribution >= 4 is 0 Å². The number of halogens is 1. The molecule has 3 heteroatoms. The molecule has 2 nitrogen and oxygen atoms in total.